The van der Waals surface area contributed by atoms with Crippen LogP contribution in [0.5, 0.6) is 0 Å². The van der Waals surface area contributed by atoms with Crippen molar-refractivity contribution in [3.05, 3.63) is 47.7 Å². The summed E-state index contributed by atoms with van der Waals surface area (Å²) >= 11 is 0. The van der Waals surface area contributed by atoms with Gasteiger partial charge in [-0.05, 0) is 24.1 Å². The van der Waals surface area contributed by atoms with Crippen LogP contribution < -0.4 is 0 Å². The first-order valence-electron chi connectivity index (χ1n) is 5.28. The Balaban J connectivity index is 2.23. The number of hydrogen-bond donors (Lipinski definition) is 1. The summed E-state index contributed by atoms with van der Waals surface area (Å²) in [6.45, 7) is 0.751. The zero-order valence-electron chi connectivity index (χ0n) is 8.68. The Morgan fingerprint density at radius 3 is 2.81 bits per heavy atom. The molecule has 0 radical (unpaired) electrons. The van der Waals surface area contributed by atoms with Crippen molar-refractivity contribution in [2.75, 3.05) is 0 Å². The van der Waals surface area contributed by atoms with Crippen molar-refractivity contribution in [1.82, 2.24) is 4.57 Å². The van der Waals surface area contributed by atoms with Gasteiger partial charge < -0.3 is 9.67 Å². The molecule has 0 unspecified atom stereocenters. The molecule has 1 aromatic carbocycles. The van der Waals surface area contributed by atoms with Crippen molar-refractivity contribution in [1.29, 1.82) is 0 Å². The number of carbonyl (C=O) groups is 1. The fourth-order valence-electron chi connectivity index (χ4n) is 2.35. The van der Waals surface area contributed by atoms with Gasteiger partial charge in [0.25, 0.3) is 0 Å². The van der Waals surface area contributed by atoms with Crippen LogP contribution in [-0.2, 0) is 13.0 Å². The first-order valence-corrected chi connectivity index (χ1v) is 5.28. The second kappa shape index (κ2) is 3.23. The number of hydrogen-bond acceptors (Lipinski definition) is 1. The first-order chi connectivity index (χ1) is 7.77. The van der Waals surface area contributed by atoms with Gasteiger partial charge in [-0.3, -0.25) is 0 Å². The molecule has 0 amide bonds. The Morgan fingerprint density at radius 2 is 2.00 bits per heavy atom. The number of carboxylic acid groups (broad SMARTS) is 1. The van der Waals surface area contributed by atoms with Crippen molar-refractivity contribution in [2.45, 2.75) is 13.0 Å². The van der Waals surface area contributed by atoms with E-state index >= 15 is 0 Å². The molecule has 1 aliphatic heterocycles. The molecule has 0 bridgehead atoms. The van der Waals surface area contributed by atoms with Crippen molar-refractivity contribution in [3.8, 4) is 11.3 Å². The maximum absolute atomic E-state index is 11.0. The lowest BCUT2D eigenvalue weighted by Gasteiger charge is -2.20. The Morgan fingerprint density at radius 1 is 1.19 bits per heavy atom. The molecule has 1 N–H and O–H groups in total. The zero-order chi connectivity index (χ0) is 11.1. The van der Waals surface area contributed by atoms with Crippen LogP contribution in [0.15, 0.2) is 36.4 Å². The van der Waals surface area contributed by atoms with Crippen LogP contribution in [0.3, 0.4) is 0 Å². The number of fused-ring (bicyclic) bond motifs is 3. The van der Waals surface area contributed by atoms with E-state index in [-0.39, 0.29) is 0 Å². The Bertz CT molecular complexity index is 569. The zero-order valence-corrected chi connectivity index (χ0v) is 8.68. The lowest BCUT2D eigenvalue weighted by Crippen LogP contribution is -2.15. The van der Waals surface area contributed by atoms with E-state index in [9.17, 15) is 4.79 Å². The van der Waals surface area contributed by atoms with Crippen LogP contribution >= 0.6 is 0 Å². The molecule has 1 aromatic heterocycles. The number of aryl methyl sites for hydroxylation is 1. The summed E-state index contributed by atoms with van der Waals surface area (Å²) in [6.07, 6.45) is 0.901. The summed E-state index contributed by atoms with van der Waals surface area (Å²) in [5, 5.41) is 9.06. The first kappa shape index (κ1) is 9.21. The van der Waals surface area contributed by atoms with Gasteiger partial charge in [0.05, 0.1) is 0 Å². The third kappa shape index (κ3) is 1.18. The topological polar surface area (TPSA) is 42.2 Å². The van der Waals surface area contributed by atoms with Crippen molar-refractivity contribution in [3.63, 3.8) is 0 Å². The van der Waals surface area contributed by atoms with Crippen molar-refractivity contribution >= 4 is 5.97 Å². The van der Waals surface area contributed by atoms with Crippen LogP contribution in [0.4, 0.5) is 0 Å². The normalized spacial score (nSPS) is 13.0. The van der Waals surface area contributed by atoms with Gasteiger partial charge >= 0.3 is 5.97 Å². The third-order valence-corrected chi connectivity index (χ3v) is 3.10. The summed E-state index contributed by atoms with van der Waals surface area (Å²) in [4.78, 5) is 11.0. The second-order valence-electron chi connectivity index (χ2n) is 3.97. The summed E-state index contributed by atoms with van der Waals surface area (Å²) in [5.41, 5.74) is 3.84. The predicted octanol–water partition coefficient (Wildman–Crippen LogP) is 2.41. The van der Waals surface area contributed by atoms with E-state index in [1.165, 1.54) is 5.56 Å². The predicted molar refractivity (Wildman–Crippen MR) is 60.5 cm³/mol. The molecule has 0 saturated carbocycles. The minimum atomic E-state index is -0.856. The maximum atomic E-state index is 11.0. The van der Waals surface area contributed by atoms with E-state index < -0.39 is 5.97 Å². The molecule has 3 rings (SSSR count). The van der Waals surface area contributed by atoms with Gasteiger partial charge in [-0.25, -0.2) is 4.79 Å². The Labute approximate surface area is 93.0 Å². The Hall–Kier alpha value is -2.03. The lowest BCUT2D eigenvalue weighted by molar-refractivity contribution is 0.0685. The smallest absolute Gasteiger partial charge is 0.352 e. The highest BCUT2D eigenvalue weighted by Crippen LogP contribution is 2.30. The molecule has 3 heteroatoms. The number of benzene rings is 1. The molecule has 0 atom stereocenters. The number of rotatable bonds is 1. The number of aromatic carboxylic acids is 1. The Kier molecular flexibility index (Phi) is 1.86. The molecule has 16 heavy (non-hydrogen) atoms. The van der Waals surface area contributed by atoms with Gasteiger partial charge in [0, 0.05) is 17.8 Å². The fourth-order valence-corrected chi connectivity index (χ4v) is 2.35. The van der Waals surface area contributed by atoms with E-state index in [2.05, 4.69) is 6.07 Å². The average Bonchev–Trinajstić information content (AvgIpc) is 2.73. The van der Waals surface area contributed by atoms with Gasteiger partial charge in [-0.2, -0.15) is 0 Å². The van der Waals surface area contributed by atoms with Gasteiger partial charge in [-0.1, -0.05) is 24.3 Å². The summed E-state index contributed by atoms with van der Waals surface area (Å²) in [5.74, 6) is -0.856. The highest BCUT2D eigenvalue weighted by Gasteiger charge is 2.20. The van der Waals surface area contributed by atoms with Gasteiger partial charge in [0.1, 0.15) is 5.69 Å². The molecule has 80 valence electrons. The molecule has 1 aliphatic rings. The molecule has 0 spiro atoms. The minimum Gasteiger partial charge on any atom is -0.477 e. The number of carboxylic acids is 1. The van der Waals surface area contributed by atoms with Crippen LogP contribution in [0.1, 0.15) is 16.1 Å². The molecule has 2 heterocycles. The molecule has 0 saturated heterocycles. The van der Waals surface area contributed by atoms with Gasteiger partial charge in [0.2, 0.25) is 0 Å². The van der Waals surface area contributed by atoms with Gasteiger partial charge in [0.15, 0.2) is 0 Å². The van der Waals surface area contributed by atoms with E-state index in [4.69, 9.17) is 5.11 Å². The molecule has 0 fully saturated rings. The summed E-state index contributed by atoms with van der Waals surface area (Å²) < 4.78 is 1.88. The third-order valence-electron chi connectivity index (χ3n) is 3.10. The van der Waals surface area contributed by atoms with E-state index in [0.717, 1.165) is 24.2 Å². The van der Waals surface area contributed by atoms with E-state index in [0.29, 0.717) is 5.69 Å². The van der Waals surface area contributed by atoms with Gasteiger partial charge in [-0.15, -0.1) is 0 Å². The molecular formula is C13H11NO2. The van der Waals surface area contributed by atoms with Crippen LogP contribution in [0.25, 0.3) is 11.3 Å². The highest BCUT2D eigenvalue weighted by molar-refractivity contribution is 5.88. The quantitative estimate of drug-likeness (QED) is 0.790. The summed E-state index contributed by atoms with van der Waals surface area (Å²) in [6, 6.07) is 11.7. The van der Waals surface area contributed by atoms with Crippen LogP contribution in [0.2, 0.25) is 0 Å². The molecule has 3 nitrogen and oxygen atoms in total. The van der Waals surface area contributed by atoms with Crippen LogP contribution in [0, 0.1) is 0 Å². The second-order valence-corrected chi connectivity index (χ2v) is 3.97. The lowest BCUT2D eigenvalue weighted by atomic mass is 9.99. The standard InChI is InChI=1S/C13H11NO2/c15-13(16)12-6-5-11-10-4-2-1-3-9(10)7-8-14(11)12/h1-6H,7-8H2,(H,15,16). The van der Waals surface area contributed by atoms with Crippen LogP contribution in [-0.4, -0.2) is 15.6 Å². The number of aromatic nitrogens is 1. The average molecular weight is 213 g/mol. The van der Waals surface area contributed by atoms with Crippen molar-refractivity contribution in [2.24, 2.45) is 0 Å². The monoisotopic (exact) mass is 213 g/mol. The SMILES string of the molecule is O=C(O)c1ccc2n1CCc1ccccc1-2. The number of nitrogens with zero attached hydrogens (tertiary/aromatic N) is 1. The summed E-state index contributed by atoms with van der Waals surface area (Å²) in [7, 11) is 0. The molecule has 2 aromatic rings. The molecular weight excluding hydrogens is 202 g/mol. The molecule has 0 aliphatic carbocycles. The maximum Gasteiger partial charge on any atom is 0.352 e. The largest absolute Gasteiger partial charge is 0.477 e. The van der Waals surface area contributed by atoms with Crippen molar-refractivity contribution < 1.29 is 9.90 Å². The van der Waals surface area contributed by atoms with E-state index in [1.54, 1.807) is 6.07 Å². The highest BCUT2D eigenvalue weighted by atomic mass is 16.4. The fraction of sp³-hybridized carbons (Fsp3) is 0.154. The van der Waals surface area contributed by atoms with E-state index in [1.807, 2.05) is 28.8 Å². The minimum absolute atomic E-state index is 0.379.